The highest BCUT2D eigenvalue weighted by molar-refractivity contribution is 6.02. The van der Waals surface area contributed by atoms with Gasteiger partial charge in [-0.15, -0.1) is 0 Å². The Labute approximate surface area is 153 Å². The van der Waals surface area contributed by atoms with Crippen LogP contribution in [0.5, 0.6) is 11.5 Å². The number of nitrogens with zero attached hydrogens (tertiary/aromatic N) is 3. The van der Waals surface area contributed by atoms with Crippen LogP contribution in [0.4, 0.5) is 16.3 Å². The van der Waals surface area contributed by atoms with Crippen molar-refractivity contribution in [2.75, 3.05) is 23.9 Å². The van der Waals surface area contributed by atoms with Crippen LogP contribution in [0.25, 0.3) is 0 Å². The smallest absolute Gasteiger partial charge is 0.329 e. The predicted octanol–water partition coefficient (Wildman–Crippen LogP) is 4.87. The first-order valence-corrected chi connectivity index (χ1v) is 8.32. The minimum Gasteiger partial charge on any atom is -0.457 e. The third-order valence-electron chi connectivity index (χ3n) is 4.08. The summed E-state index contributed by atoms with van der Waals surface area (Å²) in [4.78, 5) is 20.0. The summed E-state index contributed by atoms with van der Waals surface area (Å²) in [6.07, 6.45) is 1.67. The Morgan fingerprint density at radius 2 is 1.65 bits per heavy atom. The molecule has 26 heavy (non-hydrogen) atoms. The Kier molecular flexibility index (Phi) is 5.17. The Morgan fingerprint density at radius 1 is 0.923 bits per heavy atom. The topological polar surface area (TPSA) is 45.7 Å². The van der Waals surface area contributed by atoms with Gasteiger partial charge in [-0.25, -0.2) is 9.78 Å². The fraction of sp³-hybridized carbons (Fsp3) is 0.143. The minimum absolute atomic E-state index is 0.167. The second-order valence-corrected chi connectivity index (χ2v) is 5.95. The van der Waals surface area contributed by atoms with E-state index in [4.69, 9.17) is 4.74 Å². The van der Waals surface area contributed by atoms with Crippen LogP contribution in [0.1, 0.15) is 5.56 Å². The molecule has 0 aliphatic carbocycles. The standard InChI is InChI=1S/C21H21N3O2/c1-16-15-17(12-13-19(16)26-18-9-5-4-6-10-18)23(2)21(25)24(3)20-11-7-8-14-22-20/h4-15H,1-3H3. The summed E-state index contributed by atoms with van der Waals surface area (Å²) in [5.41, 5.74) is 1.74. The summed E-state index contributed by atoms with van der Waals surface area (Å²) in [5.74, 6) is 2.15. The third-order valence-corrected chi connectivity index (χ3v) is 4.08. The molecule has 132 valence electrons. The van der Waals surface area contributed by atoms with E-state index in [1.165, 1.54) is 4.90 Å². The average molecular weight is 347 g/mol. The van der Waals surface area contributed by atoms with Crippen LogP contribution in [-0.2, 0) is 0 Å². The lowest BCUT2D eigenvalue weighted by atomic mass is 10.2. The van der Waals surface area contributed by atoms with Crippen molar-refractivity contribution in [3.63, 3.8) is 0 Å². The van der Waals surface area contributed by atoms with Gasteiger partial charge in [-0.3, -0.25) is 9.80 Å². The molecule has 2 aromatic carbocycles. The normalized spacial score (nSPS) is 10.3. The van der Waals surface area contributed by atoms with Gasteiger partial charge in [-0.2, -0.15) is 0 Å². The molecule has 3 aromatic rings. The molecule has 0 fully saturated rings. The molecule has 0 unspecified atom stereocenters. The number of benzene rings is 2. The molecule has 5 nitrogen and oxygen atoms in total. The number of carbonyl (C=O) groups is 1. The number of pyridine rings is 1. The van der Waals surface area contributed by atoms with Gasteiger partial charge in [0.05, 0.1) is 0 Å². The summed E-state index contributed by atoms with van der Waals surface area (Å²) >= 11 is 0. The summed E-state index contributed by atoms with van der Waals surface area (Å²) in [7, 11) is 3.45. The first-order chi connectivity index (χ1) is 12.6. The maximum atomic E-state index is 12.7. The van der Waals surface area contributed by atoms with Gasteiger partial charge in [0.2, 0.25) is 0 Å². The van der Waals surface area contributed by atoms with Crippen molar-refractivity contribution >= 4 is 17.5 Å². The molecule has 1 aromatic heterocycles. The number of aromatic nitrogens is 1. The molecular weight excluding hydrogens is 326 g/mol. The Balaban J connectivity index is 1.76. The number of para-hydroxylation sites is 1. The van der Waals surface area contributed by atoms with E-state index in [-0.39, 0.29) is 6.03 Å². The van der Waals surface area contributed by atoms with Crippen molar-refractivity contribution in [1.29, 1.82) is 0 Å². The Morgan fingerprint density at radius 3 is 2.31 bits per heavy atom. The van der Waals surface area contributed by atoms with Crippen molar-refractivity contribution in [3.05, 3.63) is 78.5 Å². The largest absolute Gasteiger partial charge is 0.457 e. The van der Waals surface area contributed by atoms with Gasteiger partial charge in [0, 0.05) is 26.0 Å². The highest BCUT2D eigenvalue weighted by atomic mass is 16.5. The van der Waals surface area contributed by atoms with E-state index < -0.39 is 0 Å². The quantitative estimate of drug-likeness (QED) is 0.676. The van der Waals surface area contributed by atoms with Gasteiger partial charge in [0.25, 0.3) is 0 Å². The van der Waals surface area contributed by atoms with E-state index in [0.717, 1.165) is 22.7 Å². The lowest BCUT2D eigenvalue weighted by molar-refractivity contribution is 0.253. The minimum atomic E-state index is -0.167. The van der Waals surface area contributed by atoms with Gasteiger partial charge in [0.15, 0.2) is 0 Å². The van der Waals surface area contributed by atoms with E-state index in [0.29, 0.717) is 5.82 Å². The molecule has 0 saturated carbocycles. The van der Waals surface area contributed by atoms with Crippen molar-refractivity contribution in [2.45, 2.75) is 6.92 Å². The molecule has 0 aliphatic rings. The van der Waals surface area contributed by atoms with Crippen LogP contribution >= 0.6 is 0 Å². The van der Waals surface area contributed by atoms with E-state index in [1.807, 2.05) is 67.6 Å². The van der Waals surface area contributed by atoms with Gasteiger partial charge in [0.1, 0.15) is 17.3 Å². The van der Waals surface area contributed by atoms with Crippen LogP contribution in [0.15, 0.2) is 72.9 Å². The molecule has 0 atom stereocenters. The summed E-state index contributed by atoms with van der Waals surface area (Å²) in [6.45, 7) is 1.96. The molecule has 2 amide bonds. The third kappa shape index (κ3) is 3.83. The fourth-order valence-electron chi connectivity index (χ4n) is 2.56. The second kappa shape index (κ2) is 7.70. The predicted molar refractivity (Wildman–Crippen MR) is 104 cm³/mol. The molecule has 0 bridgehead atoms. The van der Waals surface area contributed by atoms with Gasteiger partial charge >= 0.3 is 6.03 Å². The first-order valence-electron chi connectivity index (χ1n) is 8.32. The van der Waals surface area contributed by atoms with Gasteiger partial charge in [-0.1, -0.05) is 24.3 Å². The van der Waals surface area contributed by atoms with Gasteiger partial charge < -0.3 is 4.74 Å². The fourth-order valence-corrected chi connectivity index (χ4v) is 2.56. The zero-order valence-electron chi connectivity index (χ0n) is 15.1. The monoisotopic (exact) mass is 347 g/mol. The van der Waals surface area contributed by atoms with E-state index in [9.17, 15) is 4.79 Å². The van der Waals surface area contributed by atoms with E-state index in [2.05, 4.69) is 4.98 Å². The maximum absolute atomic E-state index is 12.7. The SMILES string of the molecule is Cc1cc(N(C)C(=O)N(C)c2ccccn2)ccc1Oc1ccccc1. The van der Waals surface area contributed by atoms with E-state index >= 15 is 0 Å². The maximum Gasteiger partial charge on any atom is 0.329 e. The zero-order chi connectivity index (χ0) is 18.5. The van der Waals surface area contributed by atoms with Crippen molar-refractivity contribution in [1.82, 2.24) is 4.98 Å². The Bertz CT molecular complexity index is 882. The number of urea groups is 1. The van der Waals surface area contributed by atoms with Crippen LogP contribution in [-0.4, -0.2) is 25.1 Å². The average Bonchev–Trinajstić information content (AvgIpc) is 2.69. The summed E-state index contributed by atoms with van der Waals surface area (Å²) in [5, 5.41) is 0. The van der Waals surface area contributed by atoms with Crippen molar-refractivity contribution < 1.29 is 9.53 Å². The molecule has 0 N–H and O–H groups in total. The molecular formula is C21H21N3O2. The molecule has 5 heteroatoms. The van der Waals surface area contributed by atoms with Crippen LogP contribution in [0, 0.1) is 6.92 Å². The highest BCUT2D eigenvalue weighted by Gasteiger charge is 2.18. The van der Waals surface area contributed by atoms with Crippen LogP contribution in [0.3, 0.4) is 0 Å². The molecule has 0 saturated heterocycles. The number of ether oxygens (including phenoxy) is 1. The lowest BCUT2D eigenvalue weighted by Gasteiger charge is -2.25. The van der Waals surface area contributed by atoms with Crippen molar-refractivity contribution in [2.24, 2.45) is 0 Å². The highest BCUT2D eigenvalue weighted by Crippen LogP contribution is 2.28. The van der Waals surface area contributed by atoms with Gasteiger partial charge in [-0.05, 0) is 55.0 Å². The number of hydrogen-bond acceptors (Lipinski definition) is 3. The van der Waals surface area contributed by atoms with Crippen molar-refractivity contribution in [3.8, 4) is 11.5 Å². The second-order valence-electron chi connectivity index (χ2n) is 5.95. The number of hydrogen-bond donors (Lipinski definition) is 0. The molecule has 1 heterocycles. The summed E-state index contributed by atoms with van der Waals surface area (Å²) in [6, 6.07) is 20.6. The van der Waals surface area contributed by atoms with Crippen LogP contribution in [0.2, 0.25) is 0 Å². The summed E-state index contributed by atoms with van der Waals surface area (Å²) < 4.78 is 5.90. The Hall–Kier alpha value is -3.34. The molecule has 0 aliphatic heterocycles. The number of aryl methyl sites for hydroxylation is 1. The number of amides is 2. The zero-order valence-corrected chi connectivity index (χ0v) is 15.1. The number of carbonyl (C=O) groups excluding carboxylic acids is 1. The molecule has 0 spiro atoms. The first kappa shape index (κ1) is 17.5. The van der Waals surface area contributed by atoms with Crippen LogP contribution < -0.4 is 14.5 Å². The number of anilines is 2. The lowest BCUT2D eigenvalue weighted by Crippen LogP contribution is -2.39. The number of rotatable bonds is 4. The molecule has 0 radical (unpaired) electrons. The van der Waals surface area contributed by atoms with E-state index in [1.54, 1.807) is 31.3 Å². The molecule has 3 rings (SSSR count).